The summed E-state index contributed by atoms with van der Waals surface area (Å²) in [6, 6.07) is 14.8. The minimum atomic E-state index is 0.279. The van der Waals surface area contributed by atoms with Crippen LogP contribution >= 0.6 is 11.6 Å². The van der Waals surface area contributed by atoms with Gasteiger partial charge in [-0.25, -0.2) is 0 Å². The second-order valence-corrected chi connectivity index (χ2v) is 6.62. The number of benzene rings is 2. The molecule has 2 aromatic rings. The average Bonchev–Trinajstić information content (AvgIpc) is 3.05. The third-order valence-electron chi connectivity index (χ3n) is 4.89. The molecule has 3 atom stereocenters. The predicted octanol–water partition coefficient (Wildman–Crippen LogP) is 5.57. The monoisotopic (exact) mass is 325 g/mol. The number of rotatable bonds is 3. The van der Waals surface area contributed by atoms with Crippen LogP contribution in [0.2, 0.25) is 5.02 Å². The van der Waals surface area contributed by atoms with Crippen LogP contribution in [-0.2, 0) is 0 Å². The van der Waals surface area contributed by atoms with Crippen molar-refractivity contribution in [2.75, 3.05) is 11.9 Å². The van der Waals surface area contributed by atoms with E-state index in [9.17, 15) is 0 Å². The number of halogens is 1. The molecule has 0 spiro atoms. The Morgan fingerprint density at radius 1 is 1.17 bits per heavy atom. The van der Waals surface area contributed by atoms with Crippen LogP contribution in [0.4, 0.5) is 5.69 Å². The van der Waals surface area contributed by atoms with E-state index in [1.165, 1.54) is 11.1 Å². The topological polar surface area (TPSA) is 21.3 Å². The van der Waals surface area contributed by atoms with Gasteiger partial charge in [0.05, 0.1) is 18.3 Å². The fraction of sp³-hybridized carbons (Fsp3) is 0.300. The van der Waals surface area contributed by atoms with E-state index in [2.05, 4.69) is 41.7 Å². The standard InChI is InChI=1S/C20H20ClNO/c1-2-23-18-8-4-7-17-15-5-3-6-16(15)19(22-20(17)18)13-9-11-14(21)12-10-13/h3-5,7-12,15-16,19,22H,2,6H2,1H3/t15-,16-,19+/m0/s1. The fourth-order valence-electron chi connectivity index (χ4n) is 3.87. The maximum Gasteiger partial charge on any atom is 0.142 e. The molecule has 0 fully saturated rings. The number of nitrogens with one attached hydrogen (secondary N) is 1. The maximum absolute atomic E-state index is 6.06. The minimum Gasteiger partial charge on any atom is -0.492 e. The van der Waals surface area contributed by atoms with Gasteiger partial charge in [-0.3, -0.25) is 0 Å². The first-order chi connectivity index (χ1) is 11.3. The van der Waals surface area contributed by atoms with E-state index >= 15 is 0 Å². The van der Waals surface area contributed by atoms with E-state index in [0.29, 0.717) is 18.4 Å². The van der Waals surface area contributed by atoms with Crippen LogP contribution in [0.3, 0.4) is 0 Å². The van der Waals surface area contributed by atoms with Gasteiger partial charge in [0.25, 0.3) is 0 Å². The number of fused-ring (bicyclic) bond motifs is 3. The van der Waals surface area contributed by atoms with Gasteiger partial charge in [-0.05, 0) is 48.6 Å². The molecule has 0 unspecified atom stereocenters. The molecule has 2 aliphatic rings. The number of ether oxygens (including phenoxy) is 1. The normalized spacial score (nSPS) is 24.7. The third kappa shape index (κ3) is 2.51. The summed E-state index contributed by atoms with van der Waals surface area (Å²) in [5.41, 5.74) is 3.77. The lowest BCUT2D eigenvalue weighted by molar-refractivity contribution is 0.337. The molecule has 23 heavy (non-hydrogen) atoms. The van der Waals surface area contributed by atoms with Crippen LogP contribution in [-0.4, -0.2) is 6.61 Å². The van der Waals surface area contributed by atoms with Crippen molar-refractivity contribution in [1.29, 1.82) is 0 Å². The molecule has 4 rings (SSSR count). The van der Waals surface area contributed by atoms with Crippen molar-refractivity contribution in [2.24, 2.45) is 5.92 Å². The number of allylic oxidation sites excluding steroid dienone is 2. The number of hydrogen-bond acceptors (Lipinski definition) is 2. The molecule has 0 bridgehead atoms. The molecular formula is C20H20ClNO. The van der Waals surface area contributed by atoms with E-state index in [4.69, 9.17) is 16.3 Å². The van der Waals surface area contributed by atoms with Gasteiger partial charge in [0, 0.05) is 10.9 Å². The molecule has 1 heterocycles. The molecule has 0 amide bonds. The van der Waals surface area contributed by atoms with Gasteiger partial charge >= 0.3 is 0 Å². The van der Waals surface area contributed by atoms with Crippen LogP contribution in [0.5, 0.6) is 5.75 Å². The lowest BCUT2D eigenvalue weighted by atomic mass is 9.77. The summed E-state index contributed by atoms with van der Waals surface area (Å²) in [7, 11) is 0. The molecule has 2 nitrogen and oxygen atoms in total. The van der Waals surface area contributed by atoms with Crippen molar-refractivity contribution in [3.8, 4) is 5.75 Å². The van der Waals surface area contributed by atoms with Gasteiger partial charge < -0.3 is 10.1 Å². The van der Waals surface area contributed by atoms with Crippen molar-refractivity contribution in [3.63, 3.8) is 0 Å². The first-order valence-corrected chi connectivity index (χ1v) is 8.60. The summed E-state index contributed by atoms with van der Waals surface area (Å²) < 4.78 is 5.85. The quantitative estimate of drug-likeness (QED) is 0.745. The Morgan fingerprint density at radius 2 is 2.00 bits per heavy atom. The summed E-state index contributed by atoms with van der Waals surface area (Å²) in [6.07, 6.45) is 5.76. The van der Waals surface area contributed by atoms with Crippen LogP contribution in [0, 0.1) is 5.92 Å². The van der Waals surface area contributed by atoms with Crippen molar-refractivity contribution >= 4 is 17.3 Å². The van der Waals surface area contributed by atoms with Crippen LogP contribution in [0.1, 0.15) is 36.4 Å². The van der Waals surface area contributed by atoms with Gasteiger partial charge in [0.15, 0.2) is 0 Å². The Bertz CT molecular complexity index is 738. The summed E-state index contributed by atoms with van der Waals surface area (Å²) in [6.45, 7) is 2.70. The average molecular weight is 326 g/mol. The molecule has 0 saturated heterocycles. The second kappa shape index (κ2) is 5.93. The Kier molecular flexibility index (Phi) is 3.78. The van der Waals surface area contributed by atoms with Crippen LogP contribution in [0.25, 0.3) is 0 Å². The number of hydrogen-bond donors (Lipinski definition) is 1. The van der Waals surface area contributed by atoms with E-state index < -0.39 is 0 Å². The molecule has 0 aromatic heterocycles. The highest BCUT2D eigenvalue weighted by molar-refractivity contribution is 6.30. The first-order valence-electron chi connectivity index (χ1n) is 8.22. The summed E-state index contributed by atoms with van der Waals surface area (Å²) in [5, 5.41) is 4.53. The zero-order valence-corrected chi connectivity index (χ0v) is 13.9. The van der Waals surface area contributed by atoms with E-state index in [1.807, 2.05) is 25.1 Å². The van der Waals surface area contributed by atoms with E-state index in [1.54, 1.807) is 0 Å². The molecule has 1 aliphatic heterocycles. The van der Waals surface area contributed by atoms with E-state index in [0.717, 1.165) is 22.9 Å². The molecule has 1 aliphatic carbocycles. The van der Waals surface area contributed by atoms with Crippen LogP contribution < -0.4 is 10.1 Å². The maximum atomic E-state index is 6.06. The Balaban J connectivity index is 1.78. The van der Waals surface area contributed by atoms with Gasteiger partial charge in [-0.1, -0.05) is 48.0 Å². The van der Waals surface area contributed by atoms with E-state index in [-0.39, 0.29) is 6.04 Å². The van der Waals surface area contributed by atoms with Crippen molar-refractivity contribution < 1.29 is 4.74 Å². The Morgan fingerprint density at radius 3 is 2.78 bits per heavy atom. The number of para-hydroxylation sites is 1. The van der Waals surface area contributed by atoms with Gasteiger partial charge in [-0.15, -0.1) is 0 Å². The Hall–Kier alpha value is -1.93. The first kappa shape index (κ1) is 14.6. The minimum absolute atomic E-state index is 0.279. The molecule has 118 valence electrons. The van der Waals surface area contributed by atoms with Crippen LogP contribution in [0.15, 0.2) is 54.6 Å². The summed E-state index contributed by atoms with van der Waals surface area (Å²) in [4.78, 5) is 0. The molecular weight excluding hydrogens is 306 g/mol. The van der Waals surface area contributed by atoms with Crippen molar-refractivity contribution in [2.45, 2.75) is 25.3 Å². The lowest BCUT2D eigenvalue weighted by Crippen LogP contribution is -2.29. The summed E-state index contributed by atoms with van der Waals surface area (Å²) in [5.74, 6) is 1.94. The third-order valence-corrected chi connectivity index (χ3v) is 5.14. The molecule has 2 aromatic carbocycles. The van der Waals surface area contributed by atoms with Crippen molar-refractivity contribution in [3.05, 3.63) is 70.8 Å². The fourth-order valence-corrected chi connectivity index (χ4v) is 3.99. The zero-order chi connectivity index (χ0) is 15.8. The molecule has 0 saturated carbocycles. The highest BCUT2D eigenvalue weighted by Gasteiger charge is 2.38. The summed E-state index contributed by atoms with van der Waals surface area (Å²) >= 11 is 6.06. The van der Waals surface area contributed by atoms with Gasteiger partial charge in [-0.2, -0.15) is 0 Å². The van der Waals surface area contributed by atoms with Gasteiger partial charge in [0.1, 0.15) is 5.75 Å². The second-order valence-electron chi connectivity index (χ2n) is 6.18. The number of anilines is 1. The molecule has 0 radical (unpaired) electrons. The largest absolute Gasteiger partial charge is 0.492 e. The highest BCUT2D eigenvalue weighted by atomic mass is 35.5. The molecule has 3 heteroatoms. The highest BCUT2D eigenvalue weighted by Crippen LogP contribution is 2.52. The Labute approximate surface area is 142 Å². The predicted molar refractivity (Wildman–Crippen MR) is 95.4 cm³/mol. The zero-order valence-electron chi connectivity index (χ0n) is 13.1. The SMILES string of the molecule is CCOc1cccc2c1N[C@H](c1ccc(Cl)cc1)[C@H]1CC=C[C@H]21. The van der Waals surface area contributed by atoms with Crippen molar-refractivity contribution in [1.82, 2.24) is 0 Å². The smallest absolute Gasteiger partial charge is 0.142 e. The molecule has 1 N–H and O–H groups in total. The van der Waals surface area contributed by atoms with Gasteiger partial charge in [0.2, 0.25) is 0 Å². The lowest BCUT2D eigenvalue weighted by Gasteiger charge is -2.38.